The monoisotopic (exact) mass is 249 g/mol. The fraction of sp³-hybridized carbons (Fsp3) is 0.385. The lowest BCUT2D eigenvalue weighted by atomic mass is 10.1. The molecule has 1 atom stereocenters. The Morgan fingerprint density at radius 2 is 1.88 bits per heavy atom. The summed E-state index contributed by atoms with van der Waals surface area (Å²) in [5.41, 5.74) is 1.29. The van der Waals surface area contributed by atoms with E-state index in [1.165, 1.54) is 12.1 Å². The zero-order chi connectivity index (χ0) is 12.6. The smallest absolute Gasteiger partial charge is 0.155 e. The molecule has 1 aromatic carbocycles. The zero-order valence-corrected chi connectivity index (χ0v) is 11.5. The first-order valence-corrected chi connectivity index (χ1v) is 8.07. The van der Waals surface area contributed by atoms with Gasteiger partial charge in [0.1, 0.15) is 20.3 Å². The van der Waals surface area contributed by atoms with E-state index in [2.05, 4.69) is 25.4 Å². The molecule has 1 aliphatic rings. The molecule has 0 radical (unpaired) electrons. The number of carbonyl (C=O) groups is 1. The first-order chi connectivity index (χ1) is 7.92. The summed E-state index contributed by atoms with van der Waals surface area (Å²) in [6, 6.07) is 6.01. The molecule has 0 bridgehead atoms. The van der Waals surface area contributed by atoms with Crippen molar-refractivity contribution in [1.29, 1.82) is 0 Å². The van der Waals surface area contributed by atoms with Gasteiger partial charge in [-0.2, -0.15) is 0 Å². The van der Waals surface area contributed by atoms with Crippen molar-refractivity contribution in [3.63, 3.8) is 0 Å². The quantitative estimate of drug-likeness (QED) is 0.703. The molecule has 0 aliphatic carbocycles. The summed E-state index contributed by atoms with van der Waals surface area (Å²) in [6.45, 7) is 6.97. The van der Waals surface area contributed by atoms with E-state index < -0.39 is 8.80 Å². The second-order valence-corrected chi connectivity index (χ2v) is 8.78. The fourth-order valence-corrected chi connectivity index (χ4v) is 3.64. The number of hydrogen-bond donors (Lipinski definition) is 0. The van der Waals surface area contributed by atoms with Gasteiger partial charge >= 0.3 is 0 Å². The third-order valence-corrected chi connectivity index (χ3v) is 7.15. The molecule has 0 amide bonds. The van der Waals surface area contributed by atoms with E-state index in [1.54, 1.807) is 12.1 Å². The van der Waals surface area contributed by atoms with Crippen LogP contribution in [0, 0.1) is 5.82 Å². The lowest BCUT2D eigenvalue weighted by molar-refractivity contribution is -0.107. The van der Waals surface area contributed by atoms with Crippen LogP contribution in [0.2, 0.25) is 11.6 Å². The van der Waals surface area contributed by atoms with Gasteiger partial charge in [-0.1, -0.05) is 20.4 Å². The van der Waals surface area contributed by atoms with Gasteiger partial charge < -0.3 is 0 Å². The Kier molecular flexibility index (Phi) is 2.99. The summed E-state index contributed by atoms with van der Waals surface area (Å²) < 4.78 is 12.8. The molecular formula is C13H16FNOSi. The normalized spacial score (nSPS) is 23.4. The van der Waals surface area contributed by atoms with Gasteiger partial charge in [0, 0.05) is 12.1 Å². The number of rotatable bonds is 1. The molecule has 1 aromatic rings. The summed E-state index contributed by atoms with van der Waals surface area (Å²) in [7, 11) is -1.50. The summed E-state index contributed by atoms with van der Waals surface area (Å²) in [4.78, 5) is 16.7. The van der Waals surface area contributed by atoms with E-state index in [-0.39, 0.29) is 16.3 Å². The highest BCUT2D eigenvalue weighted by atomic mass is 28.3. The van der Waals surface area contributed by atoms with E-state index in [4.69, 9.17) is 0 Å². The summed E-state index contributed by atoms with van der Waals surface area (Å²) in [5, 5.41) is 0.230. The predicted octanol–water partition coefficient (Wildman–Crippen LogP) is 2.37. The molecule has 0 saturated heterocycles. The molecule has 90 valence electrons. The maximum Gasteiger partial charge on any atom is 0.155 e. The fourth-order valence-electron chi connectivity index (χ4n) is 1.90. The van der Waals surface area contributed by atoms with Crippen LogP contribution in [-0.2, 0) is 4.79 Å². The molecule has 2 nitrogen and oxygen atoms in total. The SMILES string of the molecule is C[SiH]1C(=O)C(c2ccc(F)cc2)=NCC1(C)C. The molecule has 1 aliphatic heterocycles. The predicted molar refractivity (Wildman–Crippen MR) is 69.9 cm³/mol. The van der Waals surface area contributed by atoms with Crippen LogP contribution >= 0.6 is 0 Å². The van der Waals surface area contributed by atoms with E-state index in [0.717, 1.165) is 5.56 Å². The Labute approximate surface area is 102 Å². The Hall–Kier alpha value is -1.29. The van der Waals surface area contributed by atoms with Gasteiger partial charge in [0.05, 0.1) is 0 Å². The lowest BCUT2D eigenvalue weighted by Crippen LogP contribution is -2.44. The van der Waals surface area contributed by atoms with Gasteiger partial charge in [-0.3, -0.25) is 9.79 Å². The summed E-state index contributed by atoms with van der Waals surface area (Å²) in [6.07, 6.45) is 0. The zero-order valence-electron chi connectivity index (χ0n) is 10.3. The molecular weight excluding hydrogens is 233 g/mol. The largest absolute Gasteiger partial charge is 0.299 e. The Morgan fingerprint density at radius 1 is 1.29 bits per heavy atom. The van der Waals surface area contributed by atoms with Crippen LogP contribution in [0.3, 0.4) is 0 Å². The Morgan fingerprint density at radius 3 is 2.47 bits per heavy atom. The van der Waals surface area contributed by atoms with Crippen LogP contribution in [0.1, 0.15) is 19.4 Å². The minimum absolute atomic E-state index is 0.0423. The van der Waals surface area contributed by atoms with Crippen LogP contribution in [-0.4, -0.2) is 26.5 Å². The van der Waals surface area contributed by atoms with Crippen molar-refractivity contribution in [2.75, 3.05) is 6.54 Å². The average molecular weight is 249 g/mol. The van der Waals surface area contributed by atoms with Gasteiger partial charge in [-0.25, -0.2) is 4.39 Å². The number of aliphatic imine (C=N–C) groups is 1. The highest BCUT2D eigenvalue weighted by molar-refractivity contribution is 7.03. The van der Waals surface area contributed by atoms with E-state index in [9.17, 15) is 9.18 Å². The maximum absolute atomic E-state index is 12.8. The molecule has 2 rings (SSSR count). The number of hydrogen-bond acceptors (Lipinski definition) is 2. The Balaban J connectivity index is 2.38. The highest BCUT2D eigenvalue weighted by Crippen LogP contribution is 2.33. The maximum atomic E-state index is 12.8. The van der Waals surface area contributed by atoms with Crippen molar-refractivity contribution in [3.8, 4) is 0 Å². The van der Waals surface area contributed by atoms with Crippen molar-refractivity contribution < 1.29 is 9.18 Å². The van der Waals surface area contributed by atoms with Crippen LogP contribution in [0.15, 0.2) is 29.3 Å². The average Bonchev–Trinajstić information content (AvgIpc) is 2.28. The minimum Gasteiger partial charge on any atom is -0.299 e. The van der Waals surface area contributed by atoms with Gasteiger partial charge in [0.15, 0.2) is 5.41 Å². The van der Waals surface area contributed by atoms with Gasteiger partial charge in [-0.05, 0) is 29.3 Å². The number of nitrogens with zero attached hydrogens (tertiary/aromatic N) is 1. The third-order valence-electron chi connectivity index (χ3n) is 3.56. The van der Waals surface area contributed by atoms with Crippen molar-refractivity contribution in [2.45, 2.75) is 25.4 Å². The lowest BCUT2D eigenvalue weighted by Gasteiger charge is -2.32. The van der Waals surface area contributed by atoms with E-state index >= 15 is 0 Å². The van der Waals surface area contributed by atoms with Gasteiger partial charge in [0.2, 0.25) is 0 Å². The number of halogens is 1. The van der Waals surface area contributed by atoms with Gasteiger partial charge in [-0.15, -0.1) is 0 Å². The molecule has 17 heavy (non-hydrogen) atoms. The topological polar surface area (TPSA) is 29.4 Å². The van der Waals surface area contributed by atoms with Crippen LogP contribution in [0.25, 0.3) is 0 Å². The van der Waals surface area contributed by atoms with Gasteiger partial charge in [0.25, 0.3) is 0 Å². The Bertz CT molecular complexity index is 479. The van der Waals surface area contributed by atoms with E-state index in [0.29, 0.717) is 12.3 Å². The summed E-state index contributed by atoms with van der Waals surface area (Å²) in [5.74, 6) is -0.289. The second kappa shape index (κ2) is 4.18. The van der Waals surface area contributed by atoms with Crippen molar-refractivity contribution >= 4 is 19.9 Å². The van der Waals surface area contributed by atoms with Crippen molar-refractivity contribution in [2.24, 2.45) is 4.99 Å². The number of carbonyl (C=O) groups excluding carboxylic acids is 1. The number of benzene rings is 1. The molecule has 1 heterocycles. The molecule has 1 unspecified atom stereocenters. The molecule has 4 heteroatoms. The second-order valence-electron chi connectivity index (χ2n) is 5.25. The minimum atomic E-state index is -1.50. The molecule has 0 fully saturated rings. The third kappa shape index (κ3) is 2.22. The van der Waals surface area contributed by atoms with Crippen molar-refractivity contribution in [3.05, 3.63) is 35.6 Å². The molecule has 0 N–H and O–H groups in total. The standard InChI is InChI=1S/C13H16FNOSi/c1-13(2)8-15-11(12(16)17(13)3)9-4-6-10(14)7-5-9/h4-7,17H,8H2,1-3H3. The summed E-state index contributed by atoms with van der Waals surface area (Å²) >= 11 is 0. The molecule has 0 spiro atoms. The van der Waals surface area contributed by atoms with Crippen molar-refractivity contribution in [1.82, 2.24) is 0 Å². The molecule has 0 saturated carbocycles. The molecule has 0 aromatic heterocycles. The van der Waals surface area contributed by atoms with Crippen LogP contribution in [0.4, 0.5) is 4.39 Å². The first-order valence-electron chi connectivity index (χ1n) is 5.76. The van der Waals surface area contributed by atoms with Crippen LogP contribution in [0.5, 0.6) is 0 Å². The highest BCUT2D eigenvalue weighted by Gasteiger charge is 2.38. The first kappa shape index (κ1) is 12.2. The van der Waals surface area contributed by atoms with Crippen LogP contribution < -0.4 is 0 Å². The van der Waals surface area contributed by atoms with E-state index in [1.807, 2.05) is 0 Å².